The molecule has 138 valence electrons. The summed E-state index contributed by atoms with van der Waals surface area (Å²) in [7, 11) is 0. The second kappa shape index (κ2) is 8.89. The molecule has 1 aliphatic heterocycles. The van der Waals surface area contributed by atoms with Gasteiger partial charge in [0.2, 0.25) is 5.91 Å². The predicted molar refractivity (Wildman–Crippen MR) is 95.2 cm³/mol. The summed E-state index contributed by atoms with van der Waals surface area (Å²) in [5.74, 6) is -0.461. The van der Waals surface area contributed by atoms with Gasteiger partial charge in [-0.25, -0.2) is 4.79 Å². The number of piperazine rings is 1. The summed E-state index contributed by atoms with van der Waals surface area (Å²) in [6.07, 6.45) is 0. The monoisotopic (exact) mass is 414 g/mol. The first-order chi connectivity index (χ1) is 12.0. The van der Waals surface area contributed by atoms with Crippen LogP contribution in [0.4, 0.5) is 4.79 Å². The van der Waals surface area contributed by atoms with Gasteiger partial charge in [-0.05, 0) is 41.9 Å². The van der Waals surface area contributed by atoms with E-state index in [4.69, 9.17) is 4.42 Å². The molecule has 1 saturated heterocycles. The molecule has 2 heterocycles. The summed E-state index contributed by atoms with van der Waals surface area (Å²) in [4.78, 5) is 41.6. The minimum Gasteiger partial charge on any atom is -0.444 e. The minimum absolute atomic E-state index is 0.00815. The first-order valence-electron chi connectivity index (χ1n) is 8.31. The van der Waals surface area contributed by atoms with Gasteiger partial charge in [0.1, 0.15) is 0 Å². The van der Waals surface area contributed by atoms with Gasteiger partial charge in [-0.2, -0.15) is 0 Å². The number of amides is 4. The Balaban J connectivity index is 1.77. The summed E-state index contributed by atoms with van der Waals surface area (Å²) in [6, 6.07) is 3.15. The molecular formula is C16H23BrN4O4. The zero-order chi connectivity index (χ0) is 18.4. The van der Waals surface area contributed by atoms with Crippen LogP contribution >= 0.6 is 15.9 Å². The van der Waals surface area contributed by atoms with Crippen LogP contribution < -0.4 is 5.32 Å². The molecule has 0 aliphatic carbocycles. The van der Waals surface area contributed by atoms with E-state index >= 15 is 0 Å². The van der Waals surface area contributed by atoms with Crippen molar-refractivity contribution in [3.8, 4) is 0 Å². The van der Waals surface area contributed by atoms with Crippen LogP contribution in [0.3, 0.4) is 0 Å². The van der Waals surface area contributed by atoms with Gasteiger partial charge in [0, 0.05) is 39.3 Å². The van der Waals surface area contributed by atoms with E-state index in [0.717, 1.165) is 0 Å². The first kappa shape index (κ1) is 19.3. The van der Waals surface area contributed by atoms with Crippen molar-refractivity contribution in [2.24, 2.45) is 0 Å². The molecule has 0 bridgehead atoms. The lowest BCUT2D eigenvalue weighted by atomic mass is 10.3. The highest BCUT2D eigenvalue weighted by Crippen LogP contribution is 2.13. The van der Waals surface area contributed by atoms with Crippen molar-refractivity contribution in [2.75, 3.05) is 45.8 Å². The maximum atomic E-state index is 12.3. The molecule has 25 heavy (non-hydrogen) atoms. The van der Waals surface area contributed by atoms with Crippen LogP contribution in [0.15, 0.2) is 21.2 Å². The van der Waals surface area contributed by atoms with Crippen LogP contribution in [-0.2, 0) is 4.79 Å². The molecule has 8 nitrogen and oxygen atoms in total. The van der Waals surface area contributed by atoms with Crippen LogP contribution in [0.25, 0.3) is 0 Å². The third-order valence-electron chi connectivity index (χ3n) is 4.13. The summed E-state index contributed by atoms with van der Waals surface area (Å²) in [6.45, 7) is 7.07. The van der Waals surface area contributed by atoms with Gasteiger partial charge < -0.3 is 24.4 Å². The van der Waals surface area contributed by atoms with E-state index in [9.17, 15) is 14.4 Å². The molecule has 1 aromatic heterocycles. The number of hydrogen-bond donors (Lipinski definition) is 1. The Bertz CT molecular complexity index is 621. The van der Waals surface area contributed by atoms with Crippen molar-refractivity contribution >= 4 is 33.8 Å². The van der Waals surface area contributed by atoms with Gasteiger partial charge in [0.05, 0.1) is 6.54 Å². The first-order valence-corrected chi connectivity index (χ1v) is 9.10. The summed E-state index contributed by atoms with van der Waals surface area (Å²) < 4.78 is 5.59. The lowest BCUT2D eigenvalue weighted by molar-refractivity contribution is -0.131. The van der Waals surface area contributed by atoms with E-state index in [-0.39, 0.29) is 24.2 Å². The van der Waals surface area contributed by atoms with Crippen LogP contribution in [0.1, 0.15) is 24.4 Å². The quantitative estimate of drug-likeness (QED) is 0.788. The van der Waals surface area contributed by atoms with Crippen molar-refractivity contribution in [1.82, 2.24) is 20.0 Å². The molecule has 0 unspecified atom stereocenters. The standard InChI is InChI=1S/C16H23BrN4O4/c1-3-19(4-2)16(24)21-9-7-20(8-10-21)14(22)11-18-15(23)12-5-6-13(17)25-12/h5-6H,3-4,7-11H2,1-2H3,(H,18,23). The molecule has 9 heteroatoms. The average molecular weight is 415 g/mol. The SMILES string of the molecule is CCN(CC)C(=O)N1CCN(C(=O)CNC(=O)c2ccc(Br)o2)CC1. The van der Waals surface area contributed by atoms with E-state index in [0.29, 0.717) is 43.9 Å². The largest absolute Gasteiger partial charge is 0.444 e. The fourth-order valence-corrected chi connectivity index (χ4v) is 2.94. The molecule has 0 radical (unpaired) electrons. The number of hydrogen-bond acceptors (Lipinski definition) is 4. The topological polar surface area (TPSA) is 86.1 Å². The second-order valence-corrected chi connectivity index (χ2v) is 6.39. The molecule has 4 amide bonds. The minimum atomic E-state index is -0.436. The Morgan fingerprint density at radius 1 is 1.12 bits per heavy atom. The van der Waals surface area contributed by atoms with Gasteiger partial charge in [0.15, 0.2) is 10.4 Å². The number of nitrogens with one attached hydrogen (secondary N) is 1. The summed E-state index contributed by atoms with van der Waals surface area (Å²) >= 11 is 3.12. The van der Waals surface area contributed by atoms with Crippen LogP contribution in [-0.4, -0.2) is 78.4 Å². The molecule has 0 aromatic carbocycles. The molecule has 0 spiro atoms. The normalized spacial score (nSPS) is 14.4. The summed E-state index contributed by atoms with van der Waals surface area (Å²) in [5.41, 5.74) is 0. The molecule has 0 atom stereocenters. The Hall–Kier alpha value is -2.03. The van der Waals surface area contributed by atoms with E-state index in [2.05, 4.69) is 21.2 Å². The zero-order valence-electron chi connectivity index (χ0n) is 14.5. The van der Waals surface area contributed by atoms with Crippen molar-refractivity contribution in [3.63, 3.8) is 0 Å². The number of carbonyl (C=O) groups is 3. The van der Waals surface area contributed by atoms with Crippen LogP contribution in [0.2, 0.25) is 0 Å². The molecule has 1 N–H and O–H groups in total. The van der Waals surface area contributed by atoms with E-state index in [1.54, 1.807) is 20.8 Å². The number of halogens is 1. The number of carbonyl (C=O) groups excluding carboxylic acids is 3. The second-order valence-electron chi connectivity index (χ2n) is 5.61. The molecule has 0 saturated carbocycles. The predicted octanol–water partition coefficient (Wildman–Crippen LogP) is 1.38. The smallest absolute Gasteiger partial charge is 0.320 e. The highest BCUT2D eigenvalue weighted by atomic mass is 79.9. The number of nitrogens with zero attached hydrogens (tertiary/aromatic N) is 3. The fourth-order valence-electron chi connectivity index (χ4n) is 2.63. The molecule has 1 aliphatic rings. The van der Waals surface area contributed by atoms with Crippen LogP contribution in [0, 0.1) is 0 Å². The lowest BCUT2D eigenvalue weighted by Gasteiger charge is -2.37. The van der Waals surface area contributed by atoms with Gasteiger partial charge >= 0.3 is 6.03 Å². The number of furan rings is 1. The Kier molecular flexibility index (Phi) is 6.86. The summed E-state index contributed by atoms with van der Waals surface area (Å²) in [5, 5.41) is 2.55. The Morgan fingerprint density at radius 2 is 1.72 bits per heavy atom. The zero-order valence-corrected chi connectivity index (χ0v) is 16.0. The third kappa shape index (κ3) is 4.97. The van der Waals surface area contributed by atoms with E-state index in [1.807, 2.05) is 13.8 Å². The number of rotatable bonds is 5. The van der Waals surface area contributed by atoms with Crippen molar-refractivity contribution in [1.29, 1.82) is 0 Å². The molecular weight excluding hydrogens is 392 g/mol. The molecule has 2 rings (SSSR count). The maximum Gasteiger partial charge on any atom is 0.320 e. The third-order valence-corrected chi connectivity index (χ3v) is 4.56. The van der Waals surface area contributed by atoms with Crippen molar-refractivity contribution < 1.29 is 18.8 Å². The van der Waals surface area contributed by atoms with E-state index in [1.165, 1.54) is 6.07 Å². The molecule has 1 fully saturated rings. The van der Waals surface area contributed by atoms with Gasteiger partial charge in [-0.1, -0.05) is 0 Å². The van der Waals surface area contributed by atoms with Gasteiger partial charge in [-0.15, -0.1) is 0 Å². The maximum absolute atomic E-state index is 12.3. The van der Waals surface area contributed by atoms with Gasteiger partial charge in [0.25, 0.3) is 5.91 Å². The number of urea groups is 1. The fraction of sp³-hybridized carbons (Fsp3) is 0.562. The lowest BCUT2D eigenvalue weighted by Crippen LogP contribution is -2.55. The van der Waals surface area contributed by atoms with Gasteiger partial charge in [-0.3, -0.25) is 9.59 Å². The Labute approximate surface area is 155 Å². The molecule has 1 aromatic rings. The Morgan fingerprint density at radius 3 is 2.24 bits per heavy atom. The average Bonchev–Trinajstić information content (AvgIpc) is 3.07. The highest BCUT2D eigenvalue weighted by molar-refractivity contribution is 9.10. The highest BCUT2D eigenvalue weighted by Gasteiger charge is 2.26. The van der Waals surface area contributed by atoms with E-state index < -0.39 is 5.91 Å². The van der Waals surface area contributed by atoms with Crippen molar-refractivity contribution in [2.45, 2.75) is 13.8 Å². The van der Waals surface area contributed by atoms with Crippen LogP contribution in [0.5, 0.6) is 0 Å². The van der Waals surface area contributed by atoms with Crippen molar-refractivity contribution in [3.05, 3.63) is 22.6 Å².